The van der Waals surface area contributed by atoms with Crippen LogP contribution in [0.1, 0.15) is 19.8 Å². The third-order valence-electron chi connectivity index (χ3n) is 3.56. The Morgan fingerprint density at radius 2 is 2.29 bits per heavy atom. The third kappa shape index (κ3) is 2.69. The minimum absolute atomic E-state index is 0.540. The third-order valence-corrected chi connectivity index (χ3v) is 3.56. The van der Waals surface area contributed by atoms with Crippen LogP contribution < -0.4 is 15.4 Å². The number of rotatable bonds is 3. The summed E-state index contributed by atoms with van der Waals surface area (Å²) < 4.78 is 5.12. The standard InChI is InChI=1S/C13H21N3O/c1-10-3-4-11(7-14)9-16(10)13-6-5-12(17-2)8-15-13/h5-6,8,10-11H,3-4,7,9,14H2,1-2H3. The number of aromatic nitrogens is 1. The van der Waals surface area contributed by atoms with Gasteiger partial charge in [-0.1, -0.05) is 0 Å². The van der Waals surface area contributed by atoms with Gasteiger partial charge in [-0.25, -0.2) is 4.98 Å². The number of pyridine rings is 1. The molecule has 2 heterocycles. The van der Waals surface area contributed by atoms with Gasteiger partial charge in [0.15, 0.2) is 0 Å². The van der Waals surface area contributed by atoms with Crippen molar-refractivity contribution >= 4 is 5.82 Å². The number of nitrogens with two attached hydrogens (primary N) is 1. The quantitative estimate of drug-likeness (QED) is 0.865. The molecule has 1 aromatic rings. The molecule has 2 unspecified atom stereocenters. The van der Waals surface area contributed by atoms with Crippen molar-refractivity contribution in [3.05, 3.63) is 18.3 Å². The topological polar surface area (TPSA) is 51.4 Å². The Bertz CT molecular complexity index is 352. The minimum Gasteiger partial charge on any atom is -0.495 e. The zero-order valence-corrected chi connectivity index (χ0v) is 10.6. The molecule has 1 aliphatic rings. The van der Waals surface area contributed by atoms with Crippen LogP contribution >= 0.6 is 0 Å². The molecule has 0 spiro atoms. The average molecular weight is 235 g/mol. The average Bonchev–Trinajstić information content (AvgIpc) is 2.39. The van der Waals surface area contributed by atoms with Crippen LogP contribution in [0.5, 0.6) is 5.75 Å². The van der Waals surface area contributed by atoms with E-state index in [1.54, 1.807) is 13.3 Å². The summed E-state index contributed by atoms with van der Waals surface area (Å²) >= 11 is 0. The van der Waals surface area contributed by atoms with E-state index in [1.807, 2.05) is 12.1 Å². The first-order chi connectivity index (χ1) is 8.24. The second-order valence-electron chi connectivity index (χ2n) is 4.74. The monoisotopic (exact) mass is 235 g/mol. The summed E-state index contributed by atoms with van der Waals surface area (Å²) in [6, 6.07) is 4.52. The number of hydrogen-bond donors (Lipinski definition) is 1. The van der Waals surface area contributed by atoms with Crippen molar-refractivity contribution in [2.75, 3.05) is 25.1 Å². The Morgan fingerprint density at radius 3 is 2.88 bits per heavy atom. The van der Waals surface area contributed by atoms with Crippen molar-refractivity contribution in [3.63, 3.8) is 0 Å². The van der Waals surface area contributed by atoms with Gasteiger partial charge in [0.2, 0.25) is 0 Å². The van der Waals surface area contributed by atoms with Crippen molar-refractivity contribution in [2.45, 2.75) is 25.8 Å². The Hall–Kier alpha value is -1.29. The SMILES string of the molecule is COc1ccc(N2CC(CN)CCC2C)nc1. The van der Waals surface area contributed by atoms with E-state index in [9.17, 15) is 0 Å². The minimum atomic E-state index is 0.540. The van der Waals surface area contributed by atoms with Crippen molar-refractivity contribution in [2.24, 2.45) is 11.7 Å². The second-order valence-corrected chi connectivity index (χ2v) is 4.74. The van der Waals surface area contributed by atoms with Crippen LogP contribution in [0.2, 0.25) is 0 Å². The van der Waals surface area contributed by atoms with Gasteiger partial charge in [-0.05, 0) is 44.4 Å². The first kappa shape index (κ1) is 12.2. The molecule has 4 nitrogen and oxygen atoms in total. The zero-order chi connectivity index (χ0) is 12.3. The van der Waals surface area contributed by atoms with Crippen molar-refractivity contribution in [3.8, 4) is 5.75 Å². The van der Waals surface area contributed by atoms with E-state index in [-0.39, 0.29) is 0 Å². The van der Waals surface area contributed by atoms with Crippen LogP contribution in [-0.2, 0) is 0 Å². The normalized spacial score (nSPS) is 24.8. The summed E-state index contributed by atoms with van der Waals surface area (Å²) in [4.78, 5) is 6.80. The number of ether oxygens (including phenoxy) is 1. The lowest BCUT2D eigenvalue weighted by atomic mass is 9.93. The number of nitrogens with zero attached hydrogens (tertiary/aromatic N) is 2. The van der Waals surface area contributed by atoms with Crippen molar-refractivity contribution in [1.82, 2.24) is 4.98 Å². The predicted molar refractivity (Wildman–Crippen MR) is 69.4 cm³/mol. The van der Waals surface area contributed by atoms with Gasteiger partial charge in [0.05, 0.1) is 13.3 Å². The Labute approximate surface area is 103 Å². The zero-order valence-electron chi connectivity index (χ0n) is 10.6. The highest BCUT2D eigenvalue weighted by atomic mass is 16.5. The fourth-order valence-electron chi connectivity index (χ4n) is 2.36. The van der Waals surface area contributed by atoms with E-state index < -0.39 is 0 Å². The molecule has 2 rings (SSSR count). The van der Waals surface area contributed by atoms with E-state index >= 15 is 0 Å². The van der Waals surface area contributed by atoms with Crippen LogP contribution in [0.25, 0.3) is 0 Å². The summed E-state index contributed by atoms with van der Waals surface area (Å²) in [5.41, 5.74) is 5.77. The molecule has 4 heteroatoms. The molecular weight excluding hydrogens is 214 g/mol. The molecule has 2 N–H and O–H groups in total. The highest BCUT2D eigenvalue weighted by molar-refractivity contribution is 5.42. The Morgan fingerprint density at radius 1 is 1.47 bits per heavy atom. The van der Waals surface area contributed by atoms with Gasteiger partial charge in [0, 0.05) is 12.6 Å². The highest BCUT2D eigenvalue weighted by Crippen LogP contribution is 2.26. The first-order valence-electron chi connectivity index (χ1n) is 6.21. The molecule has 2 atom stereocenters. The Balaban J connectivity index is 2.12. The molecule has 17 heavy (non-hydrogen) atoms. The van der Waals surface area contributed by atoms with Crippen molar-refractivity contribution < 1.29 is 4.74 Å². The van der Waals surface area contributed by atoms with Crippen LogP contribution in [0.3, 0.4) is 0 Å². The molecular formula is C13H21N3O. The van der Waals surface area contributed by atoms with Crippen LogP contribution in [0.15, 0.2) is 18.3 Å². The smallest absolute Gasteiger partial charge is 0.137 e. The van der Waals surface area contributed by atoms with Gasteiger partial charge in [0.1, 0.15) is 11.6 Å². The summed E-state index contributed by atoms with van der Waals surface area (Å²) in [7, 11) is 1.66. The van der Waals surface area contributed by atoms with E-state index in [0.717, 1.165) is 24.7 Å². The molecule has 0 radical (unpaired) electrons. The van der Waals surface area contributed by atoms with E-state index in [0.29, 0.717) is 12.0 Å². The van der Waals surface area contributed by atoms with Gasteiger partial charge < -0.3 is 15.4 Å². The van der Waals surface area contributed by atoms with Gasteiger partial charge >= 0.3 is 0 Å². The molecule has 0 aromatic carbocycles. The summed E-state index contributed by atoms with van der Waals surface area (Å²) in [5.74, 6) is 2.42. The van der Waals surface area contributed by atoms with Crippen molar-refractivity contribution in [1.29, 1.82) is 0 Å². The number of piperidine rings is 1. The molecule has 1 aromatic heterocycles. The van der Waals surface area contributed by atoms with E-state index in [2.05, 4.69) is 16.8 Å². The fourth-order valence-corrected chi connectivity index (χ4v) is 2.36. The Kier molecular flexibility index (Phi) is 3.84. The molecule has 1 fully saturated rings. The molecule has 0 amide bonds. The lowest BCUT2D eigenvalue weighted by molar-refractivity contribution is 0.371. The first-order valence-corrected chi connectivity index (χ1v) is 6.21. The lowest BCUT2D eigenvalue weighted by Crippen LogP contribution is -2.44. The molecule has 0 bridgehead atoms. The van der Waals surface area contributed by atoms with E-state index in [4.69, 9.17) is 10.5 Å². The van der Waals surface area contributed by atoms with Gasteiger partial charge in [0.25, 0.3) is 0 Å². The molecule has 0 saturated carbocycles. The van der Waals surface area contributed by atoms with Gasteiger partial charge in [-0.15, -0.1) is 0 Å². The largest absolute Gasteiger partial charge is 0.495 e. The number of anilines is 1. The van der Waals surface area contributed by atoms with Crippen LogP contribution in [0.4, 0.5) is 5.82 Å². The fraction of sp³-hybridized carbons (Fsp3) is 0.615. The van der Waals surface area contributed by atoms with E-state index in [1.165, 1.54) is 12.8 Å². The van der Waals surface area contributed by atoms with Crippen LogP contribution in [0, 0.1) is 5.92 Å². The molecule has 0 aliphatic carbocycles. The lowest BCUT2D eigenvalue weighted by Gasteiger charge is -2.38. The number of methoxy groups -OCH3 is 1. The summed E-state index contributed by atoms with van der Waals surface area (Å²) in [6.07, 6.45) is 4.19. The van der Waals surface area contributed by atoms with Gasteiger partial charge in [-0.2, -0.15) is 0 Å². The maximum atomic E-state index is 5.77. The predicted octanol–water partition coefficient (Wildman–Crippen LogP) is 1.65. The van der Waals surface area contributed by atoms with Gasteiger partial charge in [-0.3, -0.25) is 0 Å². The number of hydrogen-bond acceptors (Lipinski definition) is 4. The summed E-state index contributed by atoms with van der Waals surface area (Å²) in [6.45, 7) is 4.02. The molecule has 1 saturated heterocycles. The highest BCUT2D eigenvalue weighted by Gasteiger charge is 2.25. The molecule has 1 aliphatic heterocycles. The summed E-state index contributed by atoms with van der Waals surface area (Å²) in [5, 5.41) is 0. The second kappa shape index (κ2) is 5.36. The maximum absolute atomic E-state index is 5.77. The maximum Gasteiger partial charge on any atom is 0.137 e. The van der Waals surface area contributed by atoms with Crippen LogP contribution in [-0.4, -0.2) is 31.2 Å². The molecule has 94 valence electrons.